The van der Waals surface area contributed by atoms with Gasteiger partial charge < -0.3 is 4.74 Å². The number of tetrazole rings is 1. The van der Waals surface area contributed by atoms with E-state index in [9.17, 15) is 4.79 Å². The monoisotopic (exact) mass is 313 g/mol. The summed E-state index contributed by atoms with van der Waals surface area (Å²) in [7, 11) is 1.58. The Kier molecular flexibility index (Phi) is 4.00. The zero-order valence-electron chi connectivity index (χ0n) is 12.7. The maximum Gasteiger partial charge on any atom is 0.270 e. The lowest BCUT2D eigenvalue weighted by Crippen LogP contribution is -2.12. The van der Waals surface area contributed by atoms with Crippen LogP contribution in [0.3, 0.4) is 0 Å². The highest BCUT2D eigenvalue weighted by atomic mass is 16.5. The van der Waals surface area contributed by atoms with Gasteiger partial charge in [-0.3, -0.25) is 10.1 Å². The van der Waals surface area contributed by atoms with Gasteiger partial charge in [-0.25, -0.2) is 4.68 Å². The summed E-state index contributed by atoms with van der Waals surface area (Å²) in [6.07, 6.45) is 3.07. The highest BCUT2D eigenvalue weighted by Gasteiger charge is 2.13. The molecule has 3 rings (SSSR count). The predicted octanol–water partition coefficient (Wildman–Crippen LogP) is 1.14. The zero-order chi connectivity index (χ0) is 16.2. The quantitative estimate of drug-likeness (QED) is 0.758. The van der Waals surface area contributed by atoms with Crippen LogP contribution in [0.2, 0.25) is 0 Å². The Labute approximate surface area is 131 Å². The maximum atomic E-state index is 12.2. The standard InChI is InChI=1S/C14H15N7O2/c1-3-21-18-14(17-19-21)16-13(22)10-8-15-20(9-10)11-6-4-5-7-12(11)23-2/h4-9H,3H2,1-2H3,(H,16,18,22). The molecule has 0 atom stereocenters. The molecule has 1 aromatic carbocycles. The van der Waals surface area contributed by atoms with Crippen molar-refractivity contribution in [2.45, 2.75) is 13.5 Å². The average Bonchev–Trinajstić information content (AvgIpc) is 3.24. The molecule has 0 aliphatic rings. The number of aromatic nitrogens is 6. The molecular formula is C14H15N7O2. The minimum atomic E-state index is -0.359. The summed E-state index contributed by atoms with van der Waals surface area (Å²) < 4.78 is 6.86. The van der Waals surface area contributed by atoms with Gasteiger partial charge in [0, 0.05) is 6.20 Å². The Morgan fingerprint density at radius 3 is 2.91 bits per heavy atom. The van der Waals surface area contributed by atoms with Gasteiger partial charge in [-0.05, 0) is 24.3 Å². The summed E-state index contributed by atoms with van der Waals surface area (Å²) in [6.45, 7) is 2.46. The number of benzene rings is 1. The fraction of sp³-hybridized carbons (Fsp3) is 0.214. The number of carbonyl (C=O) groups excluding carboxylic acids is 1. The normalized spacial score (nSPS) is 10.5. The lowest BCUT2D eigenvalue weighted by atomic mass is 10.3. The van der Waals surface area contributed by atoms with Crippen molar-refractivity contribution in [3.8, 4) is 11.4 Å². The average molecular weight is 313 g/mol. The van der Waals surface area contributed by atoms with Gasteiger partial charge in [0.2, 0.25) is 0 Å². The molecule has 2 heterocycles. The van der Waals surface area contributed by atoms with Gasteiger partial charge in [-0.2, -0.15) is 9.90 Å². The first-order valence-electron chi connectivity index (χ1n) is 6.98. The Morgan fingerprint density at radius 2 is 2.17 bits per heavy atom. The van der Waals surface area contributed by atoms with Crippen LogP contribution in [-0.2, 0) is 6.54 Å². The molecule has 0 aliphatic heterocycles. The number of anilines is 1. The highest BCUT2D eigenvalue weighted by Crippen LogP contribution is 2.21. The predicted molar refractivity (Wildman–Crippen MR) is 81.6 cm³/mol. The molecule has 9 heteroatoms. The number of amides is 1. The van der Waals surface area contributed by atoms with Crippen molar-refractivity contribution in [1.29, 1.82) is 0 Å². The topological polar surface area (TPSA) is 99.8 Å². The molecule has 9 nitrogen and oxygen atoms in total. The molecule has 0 unspecified atom stereocenters. The van der Waals surface area contributed by atoms with Crippen LogP contribution in [0.15, 0.2) is 36.7 Å². The summed E-state index contributed by atoms with van der Waals surface area (Å²) in [6, 6.07) is 7.40. The van der Waals surface area contributed by atoms with Crippen LogP contribution in [-0.4, -0.2) is 43.0 Å². The van der Waals surface area contributed by atoms with E-state index in [1.807, 2.05) is 31.2 Å². The van der Waals surface area contributed by atoms with Crippen molar-refractivity contribution < 1.29 is 9.53 Å². The van der Waals surface area contributed by atoms with Crippen LogP contribution >= 0.6 is 0 Å². The second-order valence-electron chi connectivity index (χ2n) is 4.60. The number of carbonyl (C=O) groups is 1. The van der Waals surface area contributed by atoms with E-state index in [1.165, 1.54) is 11.0 Å². The Balaban J connectivity index is 1.79. The minimum absolute atomic E-state index is 0.155. The molecule has 2 aromatic heterocycles. The van der Waals surface area contributed by atoms with Gasteiger partial charge in [0.15, 0.2) is 0 Å². The third-order valence-corrected chi connectivity index (χ3v) is 3.14. The number of hydrogen-bond acceptors (Lipinski definition) is 6. The van der Waals surface area contributed by atoms with Crippen LogP contribution in [0.1, 0.15) is 17.3 Å². The lowest BCUT2D eigenvalue weighted by Gasteiger charge is -2.07. The summed E-state index contributed by atoms with van der Waals surface area (Å²) >= 11 is 0. The fourth-order valence-electron chi connectivity index (χ4n) is 1.99. The zero-order valence-corrected chi connectivity index (χ0v) is 12.7. The first kappa shape index (κ1) is 14.7. The molecule has 0 fully saturated rings. The van der Waals surface area contributed by atoms with E-state index >= 15 is 0 Å². The van der Waals surface area contributed by atoms with Gasteiger partial charge in [0.1, 0.15) is 11.4 Å². The van der Waals surface area contributed by atoms with Crippen LogP contribution in [0.5, 0.6) is 5.75 Å². The Hall–Kier alpha value is -3.23. The summed E-state index contributed by atoms with van der Waals surface area (Å²) in [4.78, 5) is 13.6. The molecule has 0 bridgehead atoms. The summed E-state index contributed by atoms with van der Waals surface area (Å²) in [5, 5.41) is 18.3. The van der Waals surface area contributed by atoms with Gasteiger partial charge in [-0.15, -0.1) is 5.10 Å². The van der Waals surface area contributed by atoms with E-state index in [0.717, 1.165) is 5.69 Å². The van der Waals surface area contributed by atoms with Gasteiger partial charge in [0.25, 0.3) is 11.9 Å². The molecule has 0 radical (unpaired) electrons. The van der Waals surface area contributed by atoms with Crippen molar-refractivity contribution in [3.63, 3.8) is 0 Å². The van der Waals surface area contributed by atoms with Gasteiger partial charge in [0.05, 0.1) is 25.4 Å². The molecule has 3 aromatic rings. The number of aryl methyl sites for hydroxylation is 1. The number of ether oxygens (including phenoxy) is 1. The van der Waals surface area contributed by atoms with E-state index in [0.29, 0.717) is 17.9 Å². The molecular weight excluding hydrogens is 298 g/mol. The molecule has 118 valence electrons. The van der Waals surface area contributed by atoms with E-state index in [-0.39, 0.29) is 11.9 Å². The molecule has 0 saturated carbocycles. The number of rotatable bonds is 5. The van der Waals surface area contributed by atoms with Crippen molar-refractivity contribution in [2.75, 3.05) is 12.4 Å². The number of nitrogens with zero attached hydrogens (tertiary/aromatic N) is 6. The van der Waals surface area contributed by atoms with Crippen LogP contribution in [0.4, 0.5) is 5.95 Å². The molecule has 23 heavy (non-hydrogen) atoms. The van der Waals surface area contributed by atoms with E-state index in [4.69, 9.17) is 4.74 Å². The van der Waals surface area contributed by atoms with Gasteiger partial charge >= 0.3 is 0 Å². The highest BCUT2D eigenvalue weighted by molar-refractivity contribution is 6.02. The summed E-state index contributed by atoms with van der Waals surface area (Å²) in [5.41, 5.74) is 1.12. The first-order chi connectivity index (χ1) is 11.2. The van der Waals surface area contributed by atoms with Crippen LogP contribution in [0, 0.1) is 0 Å². The number of para-hydroxylation sites is 2. The largest absolute Gasteiger partial charge is 0.494 e. The fourth-order valence-corrected chi connectivity index (χ4v) is 1.99. The van der Waals surface area contributed by atoms with Crippen molar-refractivity contribution in [1.82, 2.24) is 30.0 Å². The Morgan fingerprint density at radius 1 is 1.35 bits per heavy atom. The van der Waals surface area contributed by atoms with E-state index in [2.05, 4.69) is 25.8 Å². The number of methoxy groups -OCH3 is 1. The van der Waals surface area contributed by atoms with Crippen LogP contribution < -0.4 is 10.1 Å². The van der Waals surface area contributed by atoms with Crippen molar-refractivity contribution in [3.05, 3.63) is 42.2 Å². The van der Waals surface area contributed by atoms with Gasteiger partial charge in [-0.1, -0.05) is 17.2 Å². The molecule has 1 amide bonds. The third kappa shape index (κ3) is 3.03. The Bertz CT molecular complexity index is 824. The first-order valence-corrected chi connectivity index (χ1v) is 6.98. The smallest absolute Gasteiger partial charge is 0.270 e. The second-order valence-corrected chi connectivity index (χ2v) is 4.60. The maximum absolute atomic E-state index is 12.2. The molecule has 0 saturated heterocycles. The SMILES string of the molecule is CCn1nnc(NC(=O)c2cnn(-c3ccccc3OC)c2)n1. The second kappa shape index (κ2) is 6.26. The number of hydrogen-bond donors (Lipinski definition) is 1. The van der Waals surface area contributed by atoms with Crippen molar-refractivity contribution in [2.24, 2.45) is 0 Å². The lowest BCUT2D eigenvalue weighted by molar-refractivity contribution is 0.102. The number of nitrogens with one attached hydrogen (secondary N) is 1. The van der Waals surface area contributed by atoms with E-state index in [1.54, 1.807) is 18.0 Å². The third-order valence-electron chi connectivity index (χ3n) is 3.14. The van der Waals surface area contributed by atoms with Crippen LogP contribution in [0.25, 0.3) is 5.69 Å². The molecule has 1 N–H and O–H groups in total. The molecule has 0 spiro atoms. The minimum Gasteiger partial charge on any atom is -0.494 e. The molecule has 0 aliphatic carbocycles. The van der Waals surface area contributed by atoms with Crippen molar-refractivity contribution >= 4 is 11.9 Å². The van der Waals surface area contributed by atoms with E-state index < -0.39 is 0 Å². The summed E-state index contributed by atoms with van der Waals surface area (Å²) in [5.74, 6) is 0.457.